The van der Waals surface area contributed by atoms with Crippen LogP contribution < -0.4 is 10.6 Å². The third-order valence-electron chi connectivity index (χ3n) is 6.96. The first-order chi connectivity index (χ1) is 16.3. The topological polar surface area (TPSA) is 94.6 Å². The van der Waals surface area contributed by atoms with E-state index in [2.05, 4.69) is 57.0 Å². The van der Waals surface area contributed by atoms with Gasteiger partial charge in [0, 0.05) is 11.1 Å². The summed E-state index contributed by atoms with van der Waals surface area (Å²) in [7, 11) is 0. The minimum Gasteiger partial charge on any atom is -0.456 e. The van der Waals surface area contributed by atoms with Crippen molar-refractivity contribution in [2.24, 2.45) is 0 Å². The number of nitrogens with one attached hydrogen (secondary N) is 4. The van der Waals surface area contributed by atoms with Crippen LogP contribution in [0.2, 0.25) is 0 Å². The normalized spacial score (nSPS) is 18.7. The maximum Gasteiger partial charge on any atom is 0.134 e. The Labute approximate surface area is 239 Å². The van der Waals surface area contributed by atoms with E-state index in [1.165, 1.54) is 12.8 Å². The van der Waals surface area contributed by atoms with Gasteiger partial charge in [-0.1, -0.05) is 0 Å². The van der Waals surface area contributed by atoms with E-state index in [9.17, 15) is 0 Å². The minimum atomic E-state index is 0. The molecule has 0 spiro atoms. The molecule has 0 amide bonds. The molecular weight excluding hydrogens is 554 g/mol. The average Bonchev–Trinajstić information content (AvgIpc) is 3.68. The van der Waals surface area contributed by atoms with Crippen molar-refractivity contribution in [3.05, 3.63) is 60.2 Å². The van der Waals surface area contributed by atoms with Gasteiger partial charge in [-0.05, 0) is 87.3 Å². The van der Waals surface area contributed by atoms with Crippen molar-refractivity contribution in [2.45, 2.75) is 37.8 Å². The van der Waals surface area contributed by atoms with E-state index >= 15 is 0 Å². The monoisotopic (exact) mass is 582 g/mol. The smallest absolute Gasteiger partial charge is 0.134 e. The highest BCUT2D eigenvalue weighted by Crippen LogP contribution is 2.32. The Morgan fingerprint density at radius 3 is 1.49 bits per heavy atom. The van der Waals surface area contributed by atoms with Gasteiger partial charge in [0.05, 0.1) is 34.2 Å². The van der Waals surface area contributed by atoms with Crippen molar-refractivity contribution in [1.82, 2.24) is 30.6 Å². The summed E-state index contributed by atoms with van der Waals surface area (Å²) in [6.45, 7) is 2.12. The van der Waals surface area contributed by atoms with Crippen LogP contribution in [0.15, 0.2) is 52.9 Å². The van der Waals surface area contributed by atoms with Crippen LogP contribution >= 0.6 is 49.6 Å². The van der Waals surface area contributed by atoms with Crippen LogP contribution in [-0.4, -0.2) is 33.0 Å². The summed E-state index contributed by atoms with van der Waals surface area (Å²) in [6.07, 6.45) is 4.66. The first-order valence-electron chi connectivity index (χ1n) is 11.9. The molecule has 7 rings (SSSR count). The fraction of sp³-hybridized carbons (Fsp3) is 0.308. The van der Waals surface area contributed by atoms with Crippen LogP contribution in [0.3, 0.4) is 0 Å². The molecule has 2 aromatic carbocycles. The van der Waals surface area contributed by atoms with Gasteiger partial charge in [0.2, 0.25) is 0 Å². The maximum absolute atomic E-state index is 6.27. The molecule has 0 bridgehead atoms. The van der Waals surface area contributed by atoms with Crippen LogP contribution in [0.4, 0.5) is 0 Å². The van der Waals surface area contributed by atoms with Gasteiger partial charge < -0.3 is 25.0 Å². The van der Waals surface area contributed by atoms with E-state index in [1.807, 2.05) is 12.1 Å². The number of imidazole rings is 2. The van der Waals surface area contributed by atoms with Crippen molar-refractivity contribution in [3.8, 4) is 22.6 Å². The van der Waals surface area contributed by atoms with Crippen molar-refractivity contribution in [1.29, 1.82) is 0 Å². The summed E-state index contributed by atoms with van der Waals surface area (Å²) in [5, 5.41) is 7.02. The SMILES string of the molecule is Cl.Cl.Cl.Cl.c1cc2nc([C@@H]3CCCN3)[nH]c2cc1-c1ccc(-c2ccc3nc([C@@H]4CCCN4)[nH]c3c2)o1. The van der Waals surface area contributed by atoms with Gasteiger partial charge in [-0.15, -0.1) is 49.6 Å². The zero-order valence-corrected chi connectivity index (χ0v) is 23.2. The lowest BCUT2D eigenvalue weighted by Gasteiger charge is -2.04. The van der Waals surface area contributed by atoms with Crippen molar-refractivity contribution in [3.63, 3.8) is 0 Å². The quantitative estimate of drug-likeness (QED) is 0.184. The van der Waals surface area contributed by atoms with Crippen molar-refractivity contribution in [2.75, 3.05) is 13.1 Å². The first-order valence-corrected chi connectivity index (χ1v) is 11.9. The number of halogens is 4. The Hall–Kier alpha value is -2.26. The number of nitrogens with zero attached hydrogens (tertiary/aromatic N) is 2. The van der Waals surface area contributed by atoms with Gasteiger partial charge in [0.1, 0.15) is 23.2 Å². The number of aromatic amines is 2. The molecule has 0 radical (unpaired) electrons. The largest absolute Gasteiger partial charge is 0.456 e. The number of benzene rings is 2. The molecule has 2 saturated heterocycles. The third kappa shape index (κ3) is 5.48. The highest BCUT2D eigenvalue weighted by atomic mass is 35.5. The standard InChI is InChI=1S/C26H26N6O.4ClH/c1-3-19(27-11-1)25-29-17-7-5-15(13-21(17)31-25)23-9-10-24(33-23)16-6-8-18-22(14-16)32-26(30-18)20-4-2-12-28-20;;;;/h5-10,13-14,19-20,27-28H,1-4,11-12H2,(H,29,31)(H,30,32);4*1H/t19-,20-;;;;/m0..../s1. The Balaban J connectivity index is 0.000000951. The van der Waals surface area contributed by atoms with E-state index < -0.39 is 0 Å². The second kappa shape index (κ2) is 12.1. The molecule has 7 nitrogen and oxygen atoms in total. The Bertz CT molecular complexity index is 1360. The minimum absolute atomic E-state index is 0. The lowest BCUT2D eigenvalue weighted by atomic mass is 10.1. The fourth-order valence-electron chi connectivity index (χ4n) is 5.18. The molecule has 5 aromatic rings. The number of hydrogen-bond acceptors (Lipinski definition) is 5. The predicted molar refractivity (Wildman–Crippen MR) is 158 cm³/mol. The molecule has 3 aromatic heterocycles. The average molecular weight is 584 g/mol. The van der Waals surface area contributed by atoms with Gasteiger partial charge in [-0.25, -0.2) is 9.97 Å². The summed E-state index contributed by atoms with van der Waals surface area (Å²) in [6, 6.07) is 17.3. The lowest BCUT2D eigenvalue weighted by Crippen LogP contribution is -2.13. The first kappa shape index (κ1) is 29.3. The molecule has 11 heteroatoms. The van der Waals surface area contributed by atoms with Gasteiger partial charge in [-0.3, -0.25) is 0 Å². The summed E-state index contributed by atoms with van der Waals surface area (Å²) < 4.78 is 6.27. The number of furan rings is 1. The second-order valence-corrected chi connectivity index (χ2v) is 9.17. The third-order valence-corrected chi connectivity index (χ3v) is 6.96. The lowest BCUT2D eigenvalue weighted by molar-refractivity contribution is 0.597. The summed E-state index contributed by atoms with van der Waals surface area (Å²) in [4.78, 5) is 16.6. The molecule has 5 heterocycles. The fourth-order valence-corrected chi connectivity index (χ4v) is 5.18. The number of fused-ring (bicyclic) bond motifs is 2. The molecular formula is C26H30Cl4N6O. The van der Waals surface area contributed by atoms with Crippen LogP contribution in [-0.2, 0) is 0 Å². The number of H-pyrrole nitrogens is 2. The van der Waals surface area contributed by atoms with Crippen molar-refractivity contribution >= 4 is 71.7 Å². The second-order valence-electron chi connectivity index (χ2n) is 9.17. The Kier molecular flexibility index (Phi) is 9.56. The van der Waals surface area contributed by atoms with Gasteiger partial charge >= 0.3 is 0 Å². The Morgan fingerprint density at radius 1 is 0.622 bits per heavy atom. The van der Waals surface area contributed by atoms with E-state index in [-0.39, 0.29) is 49.6 Å². The molecule has 37 heavy (non-hydrogen) atoms. The maximum atomic E-state index is 6.27. The predicted octanol–water partition coefficient (Wildman–Crippen LogP) is 6.90. The van der Waals surface area contributed by atoms with E-state index in [0.717, 1.165) is 82.3 Å². The van der Waals surface area contributed by atoms with Crippen molar-refractivity contribution < 1.29 is 4.42 Å². The highest BCUT2D eigenvalue weighted by Gasteiger charge is 2.21. The zero-order chi connectivity index (χ0) is 21.8. The molecule has 0 aliphatic carbocycles. The molecule has 4 N–H and O–H groups in total. The number of rotatable bonds is 4. The molecule has 2 aliphatic rings. The summed E-state index contributed by atoms with van der Waals surface area (Å²) in [5.41, 5.74) is 6.15. The molecule has 0 saturated carbocycles. The summed E-state index contributed by atoms with van der Waals surface area (Å²) >= 11 is 0. The van der Waals surface area contributed by atoms with E-state index in [0.29, 0.717) is 12.1 Å². The molecule has 2 aliphatic heterocycles. The Morgan fingerprint density at radius 2 is 1.08 bits per heavy atom. The number of aromatic nitrogens is 4. The van der Waals surface area contributed by atoms with Crippen LogP contribution in [0.25, 0.3) is 44.7 Å². The zero-order valence-electron chi connectivity index (χ0n) is 20.0. The van der Waals surface area contributed by atoms with E-state index in [4.69, 9.17) is 14.4 Å². The van der Waals surface area contributed by atoms with Gasteiger partial charge in [0.25, 0.3) is 0 Å². The van der Waals surface area contributed by atoms with Crippen LogP contribution in [0.1, 0.15) is 49.4 Å². The van der Waals surface area contributed by atoms with E-state index in [1.54, 1.807) is 0 Å². The summed E-state index contributed by atoms with van der Waals surface area (Å²) in [5.74, 6) is 3.75. The van der Waals surface area contributed by atoms with Crippen LogP contribution in [0.5, 0.6) is 0 Å². The molecule has 198 valence electrons. The number of hydrogen-bond donors (Lipinski definition) is 4. The van der Waals surface area contributed by atoms with Gasteiger partial charge in [0.15, 0.2) is 0 Å². The highest BCUT2D eigenvalue weighted by molar-refractivity contribution is 5.86. The van der Waals surface area contributed by atoms with Gasteiger partial charge in [-0.2, -0.15) is 0 Å². The molecule has 2 atom stereocenters. The van der Waals surface area contributed by atoms with Crippen LogP contribution in [0, 0.1) is 0 Å². The molecule has 0 unspecified atom stereocenters. The molecule has 2 fully saturated rings.